The normalized spacial score (nSPS) is 10.5. The predicted octanol–water partition coefficient (Wildman–Crippen LogP) is 4.86. The van der Waals surface area contributed by atoms with Gasteiger partial charge in [0, 0.05) is 29.1 Å². The SMILES string of the molecule is CC.CCC(C)(C)Nc1ncc(C)c(Nc2cccc(O)c2)n1. The van der Waals surface area contributed by atoms with Gasteiger partial charge in [0.05, 0.1) is 0 Å². The van der Waals surface area contributed by atoms with E-state index in [9.17, 15) is 5.11 Å². The van der Waals surface area contributed by atoms with E-state index in [0.717, 1.165) is 23.5 Å². The highest BCUT2D eigenvalue weighted by atomic mass is 16.3. The lowest BCUT2D eigenvalue weighted by Crippen LogP contribution is -2.30. The summed E-state index contributed by atoms with van der Waals surface area (Å²) in [4.78, 5) is 8.84. The van der Waals surface area contributed by atoms with Crippen LogP contribution in [0.2, 0.25) is 0 Å². The second-order valence-corrected chi connectivity index (χ2v) is 5.76. The van der Waals surface area contributed by atoms with E-state index >= 15 is 0 Å². The standard InChI is InChI=1S/C16H22N4O.C2H6/c1-5-16(3,4)20-15-17-10-11(2)14(19-15)18-12-7-6-8-13(21)9-12;1-2/h6-10,21H,5H2,1-4H3,(H2,17,18,19,20);1-2H3. The predicted molar refractivity (Wildman–Crippen MR) is 97.5 cm³/mol. The van der Waals surface area contributed by atoms with Crippen molar-refractivity contribution < 1.29 is 5.11 Å². The molecule has 1 aromatic carbocycles. The molecule has 1 heterocycles. The van der Waals surface area contributed by atoms with Crippen LogP contribution in [-0.2, 0) is 0 Å². The topological polar surface area (TPSA) is 70.1 Å². The zero-order valence-corrected chi connectivity index (χ0v) is 14.9. The molecule has 2 rings (SSSR count). The first-order valence-corrected chi connectivity index (χ1v) is 8.07. The smallest absolute Gasteiger partial charge is 0.225 e. The van der Waals surface area contributed by atoms with Gasteiger partial charge in [0.25, 0.3) is 0 Å². The van der Waals surface area contributed by atoms with Crippen molar-refractivity contribution in [3.05, 3.63) is 36.0 Å². The molecule has 126 valence electrons. The Hall–Kier alpha value is -2.30. The van der Waals surface area contributed by atoms with Gasteiger partial charge in [0.2, 0.25) is 5.95 Å². The molecule has 5 heteroatoms. The molecule has 5 nitrogen and oxygen atoms in total. The van der Waals surface area contributed by atoms with Gasteiger partial charge in [0.1, 0.15) is 11.6 Å². The summed E-state index contributed by atoms with van der Waals surface area (Å²) in [7, 11) is 0. The highest BCUT2D eigenvalue weighted by molar-refractivity contribution is 5.61. The van der Waals surface area contributed by atoms with Crippen LogP contribution in [0.5, 0.6) is 5.75 Å². The number of hydrogen-bond acceptors (Lipinski definition) is 5. The molecule has 0 unspecified atom stereocenters. The lowest BCUT2D eigenvalue weighted by atomic mass is 10.0. The number of anilines is 3. The maximum atomic E-state index is 9.51. The van der Waals surface area contributed by atoms with Crippen LogP contribution in [0.15, 0.2) is 30.5 Å². The fourth-order valence-corrected chi connectivity index (χ4v) is 1.74. The minimum atomic E-state index is -0.0580. The summed E-state index contributed by atoms with van der Waals surface area (Å²) in [5.74, 6) is 1.54. The number of aromatic hydroxyl groups is 1. The average Bonchev–Trinajstić information content (AvgIpc) is 2.52. The second-order valence-electron chi connectivity index (χ2n) is 5.76. The maximum absolute atomic E-state index is 9.51. The molecular formula is C18H28N4O. The molecule has 3 N–H and O–H groups in total. The Balaban J connectivity index is 0.00000127. The lowest BCUT2D eigenvalue weighted by molar-refractivity contribution is 0.475. The van der Waals surface area contributed by atoms with Crippen molar-refractivity contribution in [1.29, 1.82) is 0 Å². The number of benzene rings is 1. The first-order chi connectivity index (χ1) is 10.9. The zero-order chi connectivity index (χ0) is 17.5. The van der Waals surface area contributed by atoms with Crippen molar-refractivity contribution >= 4 is 17.5 Å². The van der Waals surface area contributed by atoms with E-state index in [-0.39, 0.29) is 11.3 Å². The van der Waals surface area contributed by atoms with Gasteiger partial charge in [-0.25, -0.2) is 4.98 Å². The molecule has 0 aliphatic carbocycles. The average molecular weight is 316 g/mol. The number of aromatic nitrogens is 2. The number of phenols is 1. The maximum Gasteiger partial charge on any atom is 0.225 e. The molecule has 1 aromatic heterocycles. The molecule has 0 aliphatic rings. The number of nitrogens with one attached hydrogen (secondary N) is 2. The van der Waals surface area contributed by atoms with Gasteiger partial charge < -0.3 is 15.7 Å². The Morgan fingerprint density at radius 1 is 1.22 bits per heavy atom. The van der Waals surface area contributed by atoms with Crippen LogP contribution in [0.25, 0.3) is 0 Å². The van der Waals surface area contributed by atoms with E-state index in [2.05, 4.69) is 41.4 Å². The minimum Gasteiger partial charge on any atom is -0.508 e. The van der Waals surface area contributed by atoms with Crippen LogP contribution in [0.4, 0.5) is 17.5 Å². The van der Waals surface area contributed by atoms with Crippen LogP contribution in [0, 0.1) is 6.92 Å². The molecule has 0 atom stereocenters. The fourth-order valence-electron chi connectivity index (χ4n) is 1.74. The quantitative estimate of drug-likeness (QED) is 0.735. The van der Waals surface area contributed by atoms with Gasteiger partial charge in [-0.05, 0) is 39.3 Å². The Bertz CT molecular complexity index is 626. The number of phenolic OH excluding ortho intramolecular Hbond substituents is 1. The van der Waals surface area contributed by atoms with Crippen LogP contribution in [-0.4, -0.2) is 20.6 Å². The van der Waals surface area contributed by atoms with Gasteiger partial charge in [0.15, 0.2) is 0 Å². The molecule has 23 heavy (non-hydrogen) atoms. The summed E-state index contributed by atoms with van der Waals surface area (Å²) in [6.07, 6.45) is 2.76. The third-order valence-corrected chi connectivity index (χ3v) is 3.41. The first kappa shape index (κ1) is 18.7. The molecule has 0 spiro atoms. The van der Waals surface area contributed by atoms with Crippen molar-refractivity contribution in [3.63, 3.8) is 0 Å². The van der Waals surface area contributed by atoms with Gasteiger partial charge in [-0.15, -0.1) is 0 Å². The summed E-state index contributed by atoms with van der Waals surface area (Å²) < 4.78 is 0. The van der Waals surface area contributed by atoms with Crippen molar-refractivity contribution in [2.45, 2.75) is 53.5 Å². The molecule has 0 amide bonds. The minimum absolute atomic E-state index is 0.0580. The third kappa shape index (κ3) is 5.77. The number of rotatable bonds is 5. The Morgan fingerprint density at radius 2 is 1.91 bits per heavy atom. The van der Waals surface area contributed by atoms with E-state index in [1.54, 1.807) is 24.4 Å². The number of nitrogens with zero attached hydrogens (tertiary/aromatic N) is 2. The molecule has 0 radical (unpaired) electrons. The Morgan fingerprint density at radius 3 is 2.52 bits per heavy atom. The summed E-state index contributed by atoms with van der Waals surface area (Å²) in [5, 5.41) is 16.0. The van der Waals surface area contributed by atoms with E-state index in [1.165, 1.54) is 0 Å². The molecule has 0 fully saturated rings. The van der Waals surface area contributed by atoms with Gasteiger partial charge >= 0.3 is 0 Å². The van der Waals surface area contributed by atoms with Crippen LogP contribution >= 0.6 is 0 Å². The van der Waals surface area contributed by atoms with Crippen molar-refractivity contribution in [1.82, 2.24) is 9.97 Å². The molecule has 0 bridgehead atoms. The van der Waals surface area contributed by atoms with E-state index in [4.69, 9.17) is 0 Å². The van der Waals surface area contributed by atoms with Crippen LogP contribution in [0.3, 0.4) is 0 Å². The highest BCUT2D eigenvalue weighted by Crippen LogP contribution is 2.23. The summed E-state index contributed by atoms with van der Waals surface area (Å²) in [6.45, 7) is 12.3. The first-order valence-electron chi connectivity index (χ1n) is 8.07. The number of aryl methyl sites for hydroxylation is 1. The lowest BCUT2D eigenvalue weighted by Gasteiger charge is -2.24. The van der Waals surface area contributed by atoms with Gasteiger partial charge in [-0.1, -0.05) is 26.8 Å². The third-order valence-electron chi connectivity index (χ3n) is 3.41. The van der Waals surface area contributed by atoms with E-state index in [0.29, 0.717) is 5.95 Å². The summed E-state index contributed by atoms with van der Waals surface area (Å²) in [6, 6.07) is 6.96. The molecule has 2 aromatic rings. The van der Waals surface area contributed by atoms with Gasteiger partial charge in [-0.2, -0.15) is 4.98 Å². The Kier molecular flexibility index (Phi) is 6.82. The second kappa shape index (κ2) is 8.36. The van der Waals surface area contributed by atoms with Crippen LogP contribution in [0.1, 0.15) is 46.6 Å². The van der Waals surface area contributed by atoms with Crippen molar-refractivity contribution in [2.75, 3.05) is 10.6 Å². The molecular weight excluding hydrogens is 288 g/mol. The Labute approximate surface area is 139 Å². The van der Waals surface area contributed by atoms with Crippen molar-refractivity contribution in [2.24, 2.45) is 0 Å². The monoisotopic (exact) mass is 316 g/mol. The number of hydrogen-bond donors (Lipinski definition) is 3. The molecule has 0 aliphatic heterocycles. The fraction of sp³-hybridized carbons (Fsp3) is 0.444. The van der Waals surface area contributed by atoms with E-state index < -0.39 is 0 Å². The van der Waals surface area contributed by atoms with Crippen LogP contribution < -0.4 is 10.6 Å². The van der Waals surface area contributed by atoms with E-state index in [1.807, 2.05) is 26.8 Å². The summed E-state index contributed by atoms with van der Waals surface area (Å²) in [5.41, 5.74) is 1.67. The largest absolute Gasteiger partial charge is 0.508 e. The highest BCUT2D eigenvalue weighted by Gasteiger charge is 2.16. The van der Waals surface area contributed by atoms with Crippen molar-refractivity contribution in [3.8, 4) is 5.75 Å². The molecule has 0 saturated heterocycles. The zero-order valence-electron chi connectivity index (χ0n) is 14.9. The molecule has 0 saturated carbocycles. The summed E-state index contributed by atoms with van der Waals surface area (Å²) >= 11 is 0. The van der Waals surface area contributed by atoms with Gasteiger partial charge in [-0.3, -0.25) is 0 Å².